The van der Waals surface area contributed by atoms with Crippen LogP contribution in [0.15, 0.2) is 0 Å². The van der Waals surface area contributed by atoms with E-state index in [1.807, 2.05) is 0 Å². The molecule has 0 bridgehead atoms. The third-order valence-corrected chi connectivity index (χ3v) is 0. The van der Waals surface area contributed by atoms with Crippen LogP contribution < -0.4 is 0 Å². The van der Waals surface area contributed by atoms with E-state index in [9.17, 15) is 0 Å². The minimum Gasteiger partial charge on any atom is -0.0664 e. The van der Waals surface area contributed by atoms with Crippen LogP contribution in [0.2, 0.25) is 0 Å². The topological polar surface area (TPSA) is 0 Å². The van der Waals surface area contributed by atoms with Crippen LogP contribution in [0.3, 0.4) is 0 Å². The van der Waals surface area contributed by atoms with Crippen LogP contribution in [0.5, 0.6) is 0 Å². The Kier molecular flexibility index (Phi) is 7.94. The van der Waals surface area contributed by atoms with Crippen molar-refractivity contribution in [1.29, 1.82) is 0 Å². The van der Waals surface area contributed by atoms with Crippen molar-refractivity contribution in [3.63, 3.8) is 0 Å². The second-order valence-electron chi connectivity index (χ2n) is 0.429. The van der Waals surface area contributed by atoms with Crippen LogP contribution in [-0.4, -0.2) is 3.25 Å². The molecule has 0 spiro atoms. The Hall–Kier alpha value is 2.35. The van der Waals surface area contributed by atoms with E-state index in [1.165, 1.54) is 0 Å². The molecule has 0 aliphatic heterocycles. The molecular formula is CCl4La. The van der Waals surface area contributed by atoms with Crippen molar-refractivity contribution < 1.29 is 35.6 Å². The molecule has 0 fully saturated rings. The summed E-state index contributed by atoms with van der Waals surface area (Å²) in [7, 11) is 0. The third-order valence-electron chi connectivity index (χ3n) is 0. The van der Waals surface area contributed by atoms with Crippen LogP contribution in [0.25, 0.3) is 0 Å². The van der Waals surface area contributed by atoms with Gasteiger partial charge < -0.3 is 0 Å². The second-order valence-corrected chi connectivity index (χ2v) is 3.86. The zero-order chi connectivity index (χ0) is 4.50. The average molecular weight is 293 g/mol. The molecule has 0 saturated heterocycles. The minimum atomic E-state index is -1.61. The number of halogens is 4. The summed E-state index contributed by atoms with van der Waals surface area (Å²) in [4.78, 5) is 0. The van der Waals surface area contributed by atoms with Crippen molar-refractivity contribution in [2.45, 2.75) is 3.25 Å². The van der Waals surface area contributed by atoms with E-state index in [1.54, 1.807) is 0 Å². The quantitative estimate of drug-likeness (QED) is 0.602. The number of hydrogen-bond donors (Lipinski definition) is 0. The van der Waals surface area contributed by atoms with Crippen molar-refractivity contribution in [1.82, 2.24) is 0 Å². The van der Waals surface area contributed by atoms with E-state index in [-0.39, 0.29) is 35.6 Å². The first-order valence-electron chi connectivity index (χ1n) is 0.756. The Morgan fingerprint density at radius 2 is 0.833 bits per heavy atom. The van der Waals surface area contributed by atoms with Gasteiger partial charge in [0.25, 0.3) is 3.25 Å². The zero-order valence-electron chi connectivity index (χ0n) is 2.59. The third kappa shape index (κ3) is 32.9. The van der Waals surface area contributed by atoms with Gasteiger partial charge in [-0.25, -0.2) is 0 Å². The minimum absolute atomic E-state index is 0. The molecule has 5 heteroatoms. The van der Waals surface area contributed by atoms with Gasteiger partial charge in [0, 0.05) is 35.6 Å². The Balaban J connectivity index is 0. The standard InChI is InChI=1S/CCl4.La/c2-1(3,4)5;. The molecule has 0 aliphatic rings. The summed E-state index contributed by atoms with van der Waals surface area (Å²) in [5.41, 5.74) is 0. The van der Waals surface area contributed by atoms with Crippen molar-refractivity contribution in [3.05, 3.63) is 0 Å². The van der Waals surface area contributed by atoms with Gasteiger partial charge in [0.1, 0.15) is 0 Å². The largest absolute Gasteiger partial charge is 0.266 e. The van der Waals surface area contributed by atoms with Gasteiger partial charge in [-0.1, -0.05) is 46.4 Å². The van der Waals surface area contributed by atoms with Gasteiger partial charge in [0.05, 0.1) is 0 Å². The van der Waals surface area contributed by atoms with Gasteiger partial charge in [-0.3, -0.25) is 0 Å². The van der Waals surface area contributed by atoms with Gasteiger partial charge in [-0.15, -0.1) is 0 Å². The van der Waals surface area contributed by atoms with Crippen molar-refractivity contribution >= 4 is 46.4 Å². The first kappa shape index (κ1) is 11.2. The van der Waals surface area contributed by atoms with E-state index in [0.717, 1.165) is 0 Å². The van der Waals surface area contributed by atoms with Crippen molar-refractivity contribution in [2.75, 3.05) is 0 Å². The maximum atomic E-state index is 4.83. The van der Waals surface area contributed by atoms with Crippen LogP contribution in [0.1, 0.15) is 0 Å². The fourth-order valence-corrected chi connectivity index (χ4v) is 0. The molecule has 0 aliphatic carbocycles. The summed E-state index contributed by atoms with van der Waals surface area (Å²) in [5.74, 6) is 0. The Labute approximate surface area is 84.1 Å². The molecule has 1 radical (unpaired) electrons. The Morgan fingerprint density at radius 3 is 0.833 bits per heavy atom. The van der Waals surface area contributed by atoms with E-state index >= 15 is 0 Å². The van der Waals surface area contributed by atoms with Crippen molar-refractivity contribution in [2.24, 2.45) is 0 Å². The molecule has 6 heavy (non-hydrogen) atoms. The molecule has 0 aromatic heterocycles. The SMILES string of the molecule is ClC(Cl)(Cl)Cl.[La]. The van der Waals surface area contributed by atoms with Gasteiger partial charge in [-0.05, 0) is 0 Å². The maximum Gasteiger partial charge on any atom is 0.266 e. The summed E-state index contributed by atoms with van der Waals surface area (Å²) in [6.45, 7) is 0. The first-order valence-corrected chi connectivity index (χ1v) is 2.27. The smallest absolute Gasteiger partial charge is 0.0664 e. The van der Waals surface area contributed by atoms with E-state index in [0.29, 0.717) is 0 Å². The second kappa shape index (κ2) is 4.26. The molecule has 0 saturated carbocycles. The monoisotopic (exact) mass is 291 g/mol. The van der Waals surface area contributed by atoms with Gasteiger partial charge >= 0.3 is 0 Å². The molecule has 35 valence electrons. The van der Waals surface area contributed by atoms with E-state index in [4.69, 9.17) is 46.4 Å². The van der Waals surface area contributed by atoms with E-state index in [2.05, 4.69) is 0 Å². The predicted molar refractivity (Wildman–Crippen MR) is 26.1 cm³/mol. The van der Waals surface area contributed by atoms with Crippen LogP contribution in [0.4, 0.5) is 0 Å². The van der Waals surface area contributed by atoms with Crippen LogP contribution in [0, 0.1) is 35.6 Å². The van der Waals surface area contributed by atoms with E-state index < -0.39 is 3.25 Å². The number of alkyl halides is 4. The molecule has 0 amide bonds. The Bertz CT molecular complexity index is 23.0. The molecular weight excluding hydrogens is 293 g/mol. The number of hydrogen-bond acceptors (Lipinski definition) is 0. The molecule has 0 atom stereocenters. The molecule has 0 aromatic carbocycles. The molecule has 0 rings (SSSR count). The normalized spacial score (nSPS) is 10.0. The number of rotatable bonds is 0. The summed E-state index contributed by atoms with van der Waals surface area (Å²) in [6, 6.07) is 0. The molecule has 0 heterocycles. The molecule has 0 unspecified atom stereocenters. The Morgan fingerprint density at radius 1 is 0.833 bits per heavy atom. The first-order chi connectivity index (χ1) is 2.00. The molecule has 0 N–H and O–H groups in total. The van der Waals surface area contributed by atoms with Crippen LogP contribution in [-0.2, 0) is 0 Å². The van der Waals surface area contributed by atoms with Crippen molar-refractivity contribution in [3.8, 4) is 0 Å². The summed E-state index contributed by atoms with van der Waals surface area (Å²) < 4.78 is -1.61. The van der Waals surface area contributed by atoms with Gasteiger partial charge in [-0.2, -0.15) is 0 Å². The zero-order valence-corrected chi connectivity index (χ0v) is 9.24. The molecule has 0 nitrogen and oxygen atoms in total. The van der Waals surface area contributed by atoms with Gasteiger partial charge in [0.15, 0.2) is 0 Å². The predicted octanol–water partition coefficient (Wildman–Crippen LogP) is 2.55. The summed E-state index contributed by atoms with van der Waals surface area (Å²) in [6.07, 6.45) is 0. The fourth-order valence-electron chi connectivity index (χ4n) is 0. The van der Waals surface area contributed by atoms with Crippen LogP contribution >= 0.6 is 46.4 Å². The molecule has 0 aromatic rings. The average Bonchev–Trinajstić information content (AvgIpc) is 0.722. The summed E-state index contributed by atoms with van der Waals surface area (Å²) >= 11 is 19.3. The fraction of sp³-hybridized carbons (Fsp3) is 1.00. The summed E-state index contributed by atoms with van der Waals surface area (Å²) in [5, 5.41) is 0. The maximum absolute atomic E-state index is 4.83. The van der Waals surface area contributed by atoms with Gasteiger partial charge in [0.2, 0.25) is 0 Å².